The number of ether oxygens (including phenoxy) is 1. The predicted molar refractivity (Wildman–Crippen MR) is 79.9 cm³/mol. The van der Waals surface area contributed by atoms with Crippen molar-refractivity contribution in [1.29, 1.82) is 0 Å². The summed E-state index contributed by atoms with van der Waals surface area (Å²) in [4.78, 5) is 13.6. The van der Waals surface area contributed by atoms with E-state index in [0.717, 1.165) is 17.7 Å². The van der Waals surface area contributed by atoms with Crippen molar-refractivity contribution in [3.63, 3.8) is 0 Å². The van der Waals surface area contributed by atoms with Gasteiger partial charge in [-0.1, -0.05) is 19.1 Å². The van der Waals surface area contributed by atoms with E-state index in [0.29, 0.717) is 39.3 Å². The van der Waals surface area contributed by atoms with Crippen molar-refractivity contribution in [2.24, 2.45) is 0 Å². The maximum absolute atomic E-state index is 12.7. The van der Waals surface area contributed by atoms with Crippen molar-refractivity contribution in [2.45, 2.75) is 25.6 Å². The van der Waals surface area contributed by atoms with Gasteiger partial charge in [-0.2, -0.15) is 13.2 Å². The van der Waals surface area contributed by atoms with E-state index in [-0.39, 0.29) is 11.9 Å². The van der Waals surface area contributed by atoms with E-state index < -0.39 is 11.7 Å². The summed E-state index contributed by atoms with van der Waals surface area (Å²) in [6.45, 7) is 4.67. The van der Waals surface area contributed by atoms with Crippen molar-refractivity contribution in [1.82, 2.24) is 10.2 Å². The molecule has 0 radical (unpaired) electrons. The van der Waals surface area contributed by atoms with Gasteiger partial charge in [-0.15, -0.1) is 0 Å². The van der Waals surface area contributed by atoms with Crippen molar-refractivity contribution in [3.8, 4) is 0 Å². The lowest BCUT2D eigenvalue weighted by molar-refractivity contribution is -0.137. The Morgan fingerprint density at radius 1 is 1.26 bits per heavy atom. The van der Waals surface area contributed by atoms with Crippen LogP contribution in [-0.2, 0) is 15.7 Å². The highest BCUT2D eigenvalue weighted by atomic mass is 19.4. The van der Waals surface area contributed by atoms with Crippen LogP contribution in [0.5, 0.6) is 0 Å². The molecule has 1 saturated heterocycles. The highest BCUT2D eigenvalue weighted by molar-refractivity contribution is 5.75. The molecule has 0 spiro atoms. The highest BCUT2D eigenvalue weighted by Gasteiger charge is 2.31. The molecule has 0 aliphatic carbocycles. The van der Waals surface area contributed by atoms with Crippen LogP contribution in [0.3, 0.4) is 0 Å². The molecule has 1 aromatic rings. The Bertz CT molecular complexity index is 511. The second-order valence-electron chi connectivity index (χ2n) is 5.44. The fourth-order valence-corrected chi connectivity index (χ4v) is 2.58. The van der Waals surface area contributed by atoms with Crippen LogP contribution in [-0.4, -0.2) is 43.7 Å². The van der Waals surface area contributed by atoms with E-state index in [1.54, 1.807) is 6.92 Å². The van der Waals surface area contributed by atoms with Gasteiger partial charge < -0.3 is 10.1 Å². The SMILES string of the molecule is CCC(=O)NCC(c1ccc(C(F)(F)F)cc1)N1CCOCC1. The topological polar surface area (TPSA) is 41.6 Å². The zero-order valence-corrected chi connectivity index (χ0v) is 13.0. The van der Waals surface area contributed by atoms with Crippen LogP contribution in [0.25, 0.3) is 0 Å². The zero-order chi connectivity index (χ0) is 16.9. The van der Waals surface area contributed by atoms with Crippen molar-refractivity contribution in [2.75, 3.05) is 32.8 Å². The van der Waals surface area contributed by atoms with Gasteiger partial charge in [-0.05, 0) is 17.7 Å². The molecule has 1 aliphatic rings. The second kappa shape index (κ2) is 7.79. The molecule has 7 heteroatoms. The Balaban J connectivity index is 2.16. The average Bonchev–Trinajstić information content (AvgIpc) is 2.55. The van der Waals surface area contributed by atoms with Crippen molar-refractivity contribution in [3.05, 3.63) is 35.4 Å². The normalized spacial score (nSPS) is 17.7. The van der Waals surface area contributed by atoms with Crippen LogP contribution in [0.15, 0.2) is 24.3 Å². The smallest absolute Gasteiger partial charge is 0.379 e. The summed E-state index contributed by atoms with van der Waals surface area (Å²) < 4.78 is 43.4. The first-order valence-corrected chi connectivity index (χ1v) is 7.67. The molecule has 1 amide bonds. The van der Waals surface area contributed by atoms with E-state index in [9.17, 15) is 18.0 Å². The Labute approximate surface area is 133 Å². The first-order valence-electron chi connectivity index (χ1n) is 7.67. The highest BCUT2D eigenvalue weighted by Crippen LogP contribution is 2.31. The minimum absolute atomic E-state index is 0.0739. The van der Waals surface area contributed by atoms with Crippen LogP contribution in [0.2, 0.25) is 0 Å². The number of nitrogens with zero attached hydrogens (tertiary/aromatic N) is 1. The molecule has 1 atom stereocenters. The molecule has 23 heavy (non-hydrogen) atoms. The summed E-state index contributed by atoms with van der Waals surface area (Å²) in [6, 6.07) is 4.99. The summed E-state index contributed by atoms with van der Waals surface area (Å²) in [6.07, 6.45) is -3.97. The van der Waals surface area contributed by atoms with E-state index in [4.69, 9.17) is 4.74 Å². The summed E-state index contributed by atoms with van der Waals surface area (Å²) in [5, 5.41) is 2.83. The van der Waals surface area contributed by atoms with Gasteiger partial charge in [0.25, 0.3) is 0 Å². The van der Waals surface area contributed by atoms with Crippen LogP contribution < -0.4 is 5.32 Å². The van der Waals surface area contributed by atoms with Gasteiger partial charge >= 0.3 is 6.18 Å². The van der Waals surface area contributed by atoms with Crippen LogP contribution in [0.4, 0.5) is 13.2 Å². The number of amides is 1. The average molecular weight is 330 g/mol. The summed E-state index contributed by atoms with van der Waals surface area (Å²) >= 11 is 0. The Morgan fingerprint density at radius 3 is 2.39 bits per heavy atom. The summed E-state index contributed by atoms with van der Waals surface area (Å²) in [5.74, 6) is -0.0739. The van der Waals surface area contributed by atoms with Gasteiger partial charge in [0.05, 0.1) is 24.8 Å². The summed E-state index contributed by atoms with van der Waals surface area (Å²) in [5.41, 5.74) is 0.0934. The molecule has 1 aliphatic heterocycles. The number of benzene rings is 1. The molecule has 0 aromatic heterocycles. The Hall–Kier alpha value is -1.60. The Morgan fingerprint density at radius 2 is 1.87 bits per heavy atom. The van der Waals surface area contributed by atoms with E-state index in [1.165, 1.54) is 12.1 Å². The molecule has 0 saturated carbocycles. The van der Waals surface area contributed by atoms with Gasteiger partial charge in [0.1, 0.15) is 0 Å². The van der Waals surface area contributed by atoms with E-state index in [1.807, 2.05) is 0 Å². The fourth-order valence-electron chi connectivity index (χ4n) is 2.58. The van der Waals surface area contributed by atoms with Crippen molar-refractivity contribution < 1.29 is 22.7 Å². The third kappa shape index (κ3) is 4.94. The van der Waals surface area contributed by atoms with Gasteiger partial charge in [0, 0.05) is 26.1 Å². The Kier molecular flexibility index (Phi) is 6.01. The minimum Gasteiger partial charge on any atom is -0.379 e. The number of hydrogen-bond donors (Lipinski definition) is 1. The minimum atomic E-state index is -4.34. The molecule has 0 bridgehead atoms. The number of rotatable bonds is 5. The number of carbonyl (C=O) groups excluding carboxylic acids is 1. The number of alkyl halides is 3. The van der Waals surface area contributed by atoms with Crippen LogP contribution in [0, 0.1) is 0 Å². The quantitative estimate of drug-likeness (QED) is 0.902. The largest absolute Gasteiger partial charge is 0.416 e. The van der Waals surface area contributed by atoms with Crippen LogP contribution >= 0.6 is 0 Å². The number of carbonyl (C=O) groups is 1. The first kappa shape index (κ1) is 17.7. The lowest BCUT2D eigenvalue weighted by atomic mass is 10.0. The lowest BCUT2D eigenvalue weighted by Gasteiger charge is -2.35. The van der Waals surface area contributed by atoms with Gasteiger partial charge in [-0.3, -0.25) is 9.69 Å². The molecule has 1 aromatic carbocycles. The van der Waals surface area contributed by atoms with Gasteiger partial charge in [-0.25, -0.2) is 0 Å². The number of nitrogens with one attached hydrogen (secondary N) is 1. The third-order valence-electron chi connectivity index (χ3n) is 3.92. The third-order valence-corrected chi connectivity index (χ3v) is 3.92. The monoisotopic (exact) mass is 330 g/mol. The molecule has 1 unspecified atom stereocenters. The van der Waals surface area contributed by atoms with Gasteiger partial charge in [0.2, 0.25) is 5.91 Å². The fraction of sp³-hybridized carbons (Fsp3) is 0.562. The number of morpholine rings is 1. The standard InChI is InChI=1S/C16H21F3N2O2/c1-2-15(22)20-11-14(21-7-9-23-10-8-21)12-3-5-13(6-4-12)16(17,18)19/h3-6,14H,2,7-11H2,1H3,(H,20,22). The maximum Gasteiger partial charge on any atom is 0.416 e. The predicted octanol–water partition coefficient (Wildman–Crippen LogP) is 2.60. The second-order valence-corrected chi connectivity index (χ2v) is 5.44. The molecule has 4 nitrogen and oxygen atoms in total. The zero-order valence-electron chi connectivity index (χ0n) is 13.0. The molecular weight excluding hydrogens is 309 g/mol. The van der Waals surface area contributed by atoms with Crippen LogP contribution in [0.1, 0.15) is 30.5 Å². The molecular formula is C16H21F3N2O2. The molecule has 2 rings (SSSR count). The van der Waals surface area contributed by atoms with Gasteiger partial charge in [0.15, 0.2) is 0 Å². The first-order chi connectivity index (χ1) is 10.9. The maximum atomic E-state index is 12.7. The number of halogens is 3. The van der Waals surface area contributed by atoms with E-state index in [2.05, 4.69) is 10.2 Å². The molecule has 1 N–H and O–H groups in total. The molecule has 1 heterocycles. The molecule has 1 fully saturated rings. The lowest BCUT2D eigenvalue weighted by Crippen LogP contribution is -2.43. The molecule has 128 valence electrons. The number of hydrogen-bond acceptors (Lipinski definition) is 3. The van der Waals surface area contributed by atoms with Crippen molar-refractivity contribution >= 4 is 5.91 Å². The van der Waals surface area contributed by atoms with E-state index >= 15 is 0 Å². The summed E-state index contributed by atoms with van der Waals surface area (Å²) in [7, 11) is 0.